The number of hydrogen-bond donors (Lipinski definition) is 2. The lowest BCUT2D eigenvalue weighted by Crippen LogP contribution is -2.52. The third-order valence-electron chi connectivity index (χ3n) is 3.54. The molecule has 0 spiro atoms. The van der Waals surface area contributed by atoms with Crippen LogP contribution in [-0.2, 0) is 4.79 Å². The summed E-state index contributed by atoms with van der Waals surface area (Å²) in [6.45, 7) is 3.81. The van der Waals surface area contributed by atoms with E-state index in [4.69, 9.17) is 0 Å². The van der Waals surface area contributed by atoms with E-state index in [9.17, 15) is 15.0 Å². The summed E-state index contributed by atoms with van der Waals surface area (Å²) in [7, 11) is 1.82. The highest BCUT2D eigenvalue weighted by Gasteiger charge is 2.35. The maximum absolute atomic E-state index is 11.2. The molecule has 0 aromatic carbocycles. The minimum Gasteiger partial charge on any atom is -0.480 e. The van der Waals surface area contributed by atoms with Crippen LogP contribution in [-0.4, -0.2) is 46.3 Å². The fourth-order valence-corrected chi connectivity index (χ4v) is 2.70. The Balaban J connectivity index is 2.72. The molecule has 4 nitrogen and oxygen atoms in total. The molecule has 4 heteroatoms. The molecule has 0 bridgehead atoms. The molecule has 1 fully saturated rings. The second kappa shape index (κ2) is 5.64. The second-order valence-corrected chi connectivity index (χ2v) is 5.11. The Bertz CT molecular complexity index is 242. The predicted octanol–water partition coefficient (Wildman–Crippen LogP) is 1.33. The van der Waals surface area contributed by atoms with E-state index in [1.165, 1.54) is 0 Å². The summed E-state index contributed by atoms with van der Waals surface area (Å²) in [5.74, 6) is -0.744. The predicted molar refractivity (Wildman–Crippen MR) is 62.3 cm³/mol. The minimum absolute atomic E-state index is 0.00255. The van der Waals surface area contributed by atoms with Crippen LogP contribution in [0.4, 0.5) is 0 Å². The zero-order valence-electron chi connectivity index (χ0n) is 10.4. The average molecular weight is 229 g/mol. The first-order chi connectivity index (χ1) is 7.45. The molecule has 3 unspecified atom stereocenters. The molecule has 2 N–H and O–H groups in total. The van der Waals surface area contributed by atoms with Crippen LogP contribution in [0.1, 0.15) is 39.5 Å². The summed E-state index contributed by atoms with van der Waals surface area (Å²) in [5.41, 5.74) is 0. The Hall–Kier alpha value is -0.610. The van der Waals surface area contributed by atoms with Crippen LogP contribution in [0.15, 0.2) is 0 Å². The van der Waals surface area contributed by atoms with Gasteiger partial charge in [-0.05, 0) is 25.8 Å². The summed E-state index contributed by atoms with van der Waals surface area (Å²) in [6.07, 6.45) is 3.44. The number of carbonyl (C=O) groups is 1. The zero-order chi connectivity index (χ0) is 12.3. The summed E-state index contributed by atoms with van der Waals surface area (Å²) < 4.78 is 0. The Kier molecular flexibility index (Phi) is 4.74. The number of rotatable bonds is 4. The molecule has 1 saturated carbocycles. The van der Waals surface area contributed by atoms with Gasteiger partial charge in [-0.25, -0.2) is 0 Å². The van der Waals surface area contributed by atoms with E-state index in [0.717, 1.165) is 25.7 Å². The monoisotopic (exact) mass is 229 g/mol. The molecular weight excluding hydrogens is 206 g/mol. The SMILES string of the molecule is CC(C)C(C(=O)O)N(C)C1CCCCC1O. The molecule has 0 aromatic heterocycles. The van der Waals surface area contributed by atoms with E-state index in [-0.39, 0.29) is 18.1 Å². The van der Waals surface area contributed by atoms with Gasteiger partial charge in [0.1, 0.15) is 6.04 Å². The molecular formula is C12H23NO3. The third kappa shape index (κ3) is 2.95. The van der Waals surface area contributed by atoms with Crippen LogP contribution in [0, 0.1) is 5.92 Å². The number of aliphatic carboxylic acids is 1. The van der Waals surface area contributed by atoms with Gasteiger partial charge >= 0.3 is 5.97 Å². The molecule has 0 heterocycles. The number of aliphatic hydroxyl groups is 1. The van der Waals surface area contributed by atoms with E-state index < -0.39 is 12.0 Å². The Morgan fingerprint density at radius 2 is 1.88 bits per heavy atom. The number of carboxylic acids is 1. The number of nitrogens with zero attached hydrogens (tertiary/aromatic N) is 1. The van der Waals surface area contributed by atoms with Crippen LogP contribution < -0.4 is 0 Å². The van der Waals surface area contributed by atoms with Gasteiger partial charge in [0, 0.05) is 6.04 Å². The van der Waals surface area contributed by atoms with Gasteiger partial charge in [0.05, 0.1) is 6.10 Å². The fraction of sp³-hybridized carbons (Fsp3) is 0.917. The van der Waals surface area contributed by atoms with Crippen LogP contribution in [0.5, 0.6) is 0 Å². The number of carboxylic acid groups (broad SMARTS) is 1. The van der Waals surface area contributed by atoms with E-state index in [1.54, 1.807) is 0 Å². The van der Waals surface area contributed by atoms with Crippen molar-refractivity contribution in [2.45, 2.75) is 57.7 Å². The van der Waals surface area contributed by atoms with Gasteiger partial charge in [0.2, 0.25) is 0 Å². The van der Waals surface area contributed by atoms with Crippen LogP contribution in [0.2, 0.25) is 0 Å². The van der Waals surface area contributed by atoms with Gasteiger partial charge in [-0.1, -0.05) is 26.7 Å². The van der Waals surface area contributed by atoms with Crippen LogP contribution in [0.25, 0.3) is 0 Å². The van der Waals surface area contributed by atoms with Crippen molar-refractivity contribution >= 4 is 5.97 Å². The van der Waals surface area contributed by atoms with Crippen molar-refractivity contribution in [2.24, 2.45) is 5.92 Å². The quantitative estimate of drug-likeness (QED) is 0.763. The molecule has 1 aliphatic rings. The molecule has 3 atom stereocenters. The molecule has 1 aliphatic carbocycles. The summed E-state index contributed by atoms with van der Waals surface area (Å²) in [6, 6.07) is -0.505. The second-order valence-electron chi connectivity index (χ2n) is 5.11. The summed E-state index contributed by atoms with van der Waals surface area (Å²) in [5, 5.41) is 19.1. The zero-order valence-corrected chi connectivity index (χ0v) is 10.4. The summed E-state index contributed by atoms with van der Waals surface area (Å²) in [4.78, 5) is 13.1. The first kappa shape index (κ1) is 13.5. The molecule has 0 amide bonds. The molecule has 0 aromatic rings. The lowest BCUT2D eigenvalue weighted by atomic mass is 9.89. The average Bonchev–Trinajstić information content (AvgIpc) is 2.16. The Labute approximate surface area is 97.3 Å². The van der Waals surface area contributed by atoms with Crippen molar-refractivity contribution in [3.63, 3.8) is 0 Å². The highest BCUT2D eigenvalue weighted by atomic mass is 16.4. The van der Waals surface area contributed by atoms with Crippen molar-refractivity contribution in [3.8, 4) is 0 Å². The van der Waals surface area contributed by atoms with Crippen molar-refractivity contribution in [2.75, 3.05) is 7.05 Å². The number of likely N-dealkylation sites (N-methyl/N-ethyl adjacent to an activating group) is 1. The van der Waals surface area contributed by atoms with E-state index in [2.05, 4.69) is 0 Å². The number of hydrogen-bond acceptors (Lipinski definition) is 3. The molecule has 16 heavy (non-hydrogen) atoms. The lowest BCUT2D eigenvalue weighted by Gasteiger charge is -2.39. The lowest BCUT2D eigenvalue weighted by molar-refractivity contribution is -0.147. The van der Waals surface area contributed by atoms with Gasteiger partial charge in [0.25, 0.3) is 0 Å². The van der Waals surface area contributed by atoms with E-state index in [1.807, 2.05) is 25.8 Å². The largest absolute Gasteiger partial charge is 0.480 e. The molecule has 1 rings (SSSR count). The molecule has 0 saturated heterocycles. The van der Waals surface area contributed by atoms with E-state index in [0.29, 0.717) is 0 Å². The van der Waals surface area contributed by atoms with Gasteiger partial charge in [-0.15, -0.1) is 0 Å². The smallest absolute Gasteiger partial charge is 0.321 e. The molecule has 0 radical (unpaired) electrons. The summed E-state index contributed by atoms with van der Waals surface area (Å²) >= 11 is 0. The first-order valence-electron chi connectivity index (χ1n) is 6.08. The maximum Gasteiger partial charge on any atom is 0.321 e. The van der Waals surface area contributed by atoms with Gasteiger partial charge in [-0.3, -0.25) is 9.69 Å². The first-order valence-corrected chi connectivity index (χ1v) is 6.08. The normalized spacial score (nSPS) is 28.4. The number of aliphatic hydroxyl groups excluding tert-OH is 1. The Morgan fingerprint density at radius 3 is 2.31 bits per heavy atom. The highest BCUT2D eigenvalue weighted by Crippen LogP contribution is 2.25. The van der Waals surface area contributed by atoms with Crippen molar-refractivity contribution < 1.29 is 15.0 Å². The fourth-order valence-electron chi connectivity index (χ4n) is 2.70. The van der Waals surface area contributed by atoms with Crippen molar-refractivity contribution in [3.05, 3.63) is 0 Å². The van der Waals surface area contributed by atoms with Gasteiger partial charge < -0.3 is 10.2 Å². The van der Waals surface area contributed by atoms with E-state index >= 15 is 0 Å². The van der Waals surface area contributed by atoms with Crippen LogP contribution >= 0.6 is 0 Å². The topological polar surface area (TPSA) is 60.8 Å². The van der Waals surface area contributed by atoms with Gasteiger partial charge in [-0.2, -0.15) is 0 Å². The minimum atomic E-state index is -0.796. The van der Waals surface area contributed by atoms with Crippen molar-refractivity contribution in [1.82, 2.24) is 4.90 Å². The molecule has 0 aliphatic heterocycles. The van der Waals surface area contributed by atoms with Gasteiger partial charge in [0.15, 0.2) is 0 Å². The molecule has 94 valence electrons. The highest BCUT2D eigenvalue weighted by molar-refractivity contribution is 5.73. The maximum atomic E-state index is 11.2. The standard InChI is InChI=1S/C12H23NO3/c1-8(2)11(12(15)16)13(3)9-6-4-5-7-10(9)14/h8-11,14H,4-7H2,1-3H3,(H,15,16). The third-order valence-corrected chi connectivity index (χ3v) is 3.54. The Morgan fingerprint density at radius 1 is 1.31 bits per heavy atom. The van der Waals surface area contributed by atoms with Crippen LogP contribution in [0.3, 0.4) is 0 Å². The van der Waals surface area contributed by atoms with Crippen molar-refractivity contribution in [1.29, 1.82) is 0 Å².